The van der Waals surface area contributed by atoms with E-state index in [1.165, 1.54) is 0 Å². The first kappa shape index (κ1) is 17.1. The molecule has 0 atom stereocenters. The predicted octanol–water partition coefficient (Wildman–Crippen LogP) is 2.51. The summed E-state index contributed by atoms with van der Waals surface area (Å²) >= 11 is 0. The lowest BCUT2D eigenvalue weighted by atomic mass is 10.0. The quantitative estimate of drug-likeness (QED) is 0.615. The summed E-state index contributed by atoms with van der Waals surface area (Å²) in [5.74, 6) is -0.600. The first-order chi connectivity index (χ1) is 8.43. The highest BCUT2D eigenvalue weighted by atomic mass is 28.4. The van der Waals surface area contributed by atoms with Gasteiger partial charge in [0.25, 0.3) is 0 Å². The van der Waals surface area contributed by atoms with Crippen molar-refractivity contribution in [3.8, 4) is 0 Å². The van der Waals surface area contributed by atoms with Gasteiger partial charge in [-0.25, -0.2) is 0 Å². The van der Waals surface area contributed by atoms with E-state index >= 15 is 0 Å². The van der Waals surface area contributed by atoms with Gasteiger partial charge >= 0.3 is 0 Å². The summed E-state index contributed by atoms with van der Waals surface area (Å²) in [5, 5.41) is 9.58. The molecule has 19 heavy (non-hydrogen) atoms. The van der Waals surface area contributed by atoms with Gasteiger partial charge in [0.1, 0.15) is 5.54 Å². The van der Waals surface area contributed by atoms with Crippen molar-refractivity contribution in [2.24, 2.45) is 0 Å². The third kappa shape index (κ3) is 4.24. The monoisotopic (exact) mass is 291 g/mol. The van der Waals surface area contributed by atoms with Crippen LogP contribution in [0.2, 0.25) is 18.1 Å². The van der Waals surface area contributed by atoms with Gasteiger partial charge in [0.05, 0.1) is 19.8 Å². The second-order valence-corrected chi connectivity index (χ2v) is 12.2. The zero-order valence-electron chi connectivity index (χ0n) is 13.3. The molecule has 0 aromatic rings. The number of hydrogen-bond acceptors (Lipinski definition) is 5. The molecule has 114 valence electrons. The standard InChI is InChI=1S/C13H29NO4Si/c1-11(2,3)19(6,7)18-10-13(14-15)8-16-12(4,5)17-9-13/h14-15H,8-10H2,1-7H3. The molecule has 2 N–H and O–H groups in total. The van der Waals surface area contributed by atoms with E-state index in [0.717, 1.165) is 0 Å². The van der Waals surface area contributed by atoms with Crippen LogP contribution in [-0.4, -0.2) is 44.7 Å². The van der Waals surface area contributed by atoms with E-state index in [1.54, 1.807) is 0 Å². The molecule has 0 unspecified atom stereocenters. The van der Waals surface area contributed by atoms with Gasteiger partial charge in [-0.05, 0) is 32.0 Å². The molecular weight excluding hydrogens is 262 g/mol. The van der Waals surface area contributed by atoms with Crippen LogP contribution >= 0.6 is 0 Å². The van der Waals surface area contributed by atoms with E-state index in [4.69, 9.17) is 13.9 Å². The Morgan fingerprint density at radius 3 is 2.05 bits per heavy atom. The molecule has 1 fully saturated rings. The SMILES string of the molecule is CC1(C)OCC(CO[Si](C)(C)C(C)(C)C)(NO)CO1. The molecule has 6 heteroatoms. The summed E-state index contributed by atoms with van der Waals surface area (Å²) in [5.41, 5.74) is 1.65. The Morgan fingerprint density at radius 1 is 1.21 bits per heavy atom. The van der Waals surface area contributed by atoms with Gasteiger partial charge in [-0.15, -0.1) is 0 Å². The molecule has 0 spiro atoms. The van der Waals surface area contributed by atoms with Crippen molar-refractivity contribution in [2.45, 2.75) is 64.1 Å². The molecular formula is C13H29NO4Si. The summed E-state index contributed by atoms with van der Waals surface area (Å²) in [6, 6.07) is 0. The van der Waals surface area contributed by atoms with Crippen molar-refractivity contribution in [2.75, 3.05) is 19.8 Å². The van der Waals surface area contributed by atoms with E-state index in [-0.39, 0.29) is 5.04 Å². The van der Waals surface area contributed by atoms with Gasteiger partial charge in [-0.2, -0.15) is 5.48 Å². The molecule has 0 amide bonds. The minimum absolute atomic E-state index is 0.138. The Balaban J connectivity index is 2.64. The largest absolute Gasteiger partial charge is 0.415 e. The zero-order chi connectivity index (χ0) is 14.9. The molecule has 0 radical (unpaired) electrons. The molecule has 5 nitrogen and oxygen atoms in total. The molecule has 1 rings (SSSR count). The molecule has 0 bridgehead atoms. The minimum Gasteiger partial charge on any atom is -0.415 e. The van der Waals surface area contributed by atoms with E-state index in [1.807, 2.05) is 13.8 Å². The van der Waals surface area contributed by atoms with Crippen LogP contribution in [-0.2, 0) is 13.9 Å². The number of rotatable bonds is 4. The maximum Gasteiger partial charge on any atom is 0.192 e. The van der Waals surface area contributed by atoms with Crippen LogP contribution in [0.25, 0.3) is 0 Å². The highest BCUT2D eigenvalue weighted by Gasteiger charge is 2.44. The van der Waals surface area contributed by atoms with E-state index in [2.05, 4.69) is 39.3 Å². The average Bonchev–Trinajstić information content (AvgIpc) is 2.27. The van der Waals surface area contributed by atoms with Crippen LogP contribution in [0.1, 0.15) is 34.6 Å². The average molecular weight is 291 g/mol. The highest BCUT2D eigenvalue weighted by Crippen LogP contribution is 2.37. The molecule has 0 aromatic heterocycles. The lowest BCUT2D eigenvalue weighted by Gasteiger charge is -2.45. The second kappa shape index (κ2) is 5.42. The maximum atomic E-state index is 9.44. The number of nitrogens with one attached hydrogen (secondary N) is 1. The molecule has 0 aliphatic carbocycles. The summed E-state index contributed by atoms with van der Waals surface area (Å²) < 4.78 is 17.4. The van der Waals surface area contributed by atoms with Crippen molar-refractivity contribution in [3.63, 3.8) is 0 Å². The third-order valence-corrected chi connectivity index (χ3v) is 8.62. The normalized spacial score (nSPS) is 23.4. The fraction of sp³-hybridized carbons (Fsp3) is 1.00. The Morgan fingerprint density at radius 2 is 1.68 bits per heavy atom. The smallest absolute Gasteiger partial charge is 0.192 e. The zero-order valence-corrected chi connectivity index (χ0v) is 14.3. The van der Waals surface area contributed by atoms with Gasteiger partial charge in [0.2, 0.25) is 0 Å². The third-order valence-electron chi connectivity index (χ3n) is 4.14. The number of ether oxygens (including phenoxy) is 2. The Labute approximate surface area is 117 Å². The second-order valence-electron chi connectivity index (χ2n) is 7.42. The first-order valence-corrected chi connectivity index (χ1v) is 9.67. The van der Waals surface area contributed by atoms with Gasteiger partial charge in [-0.3, -0.25) is 0 Å². The van der Waals surface area contributed by atoms with E-state index in [0.29, 0.717) is 19.8 Å². The number of hydrogen-bond donors (Lipinski definition) is 2. The summed E-state index contributed by atoms with van der Waals surface area (Å²) in [6.07, 6.45) is 0. The van der Waals surface area contributed by atoms with E-state index in [9.17, 15) is 5.21 Å². The highest BCUT2D eigenvalue weighted by molar-refractivity contribution is 6.74. The van der Waals surface area contributed by atoms with Crippen molar-refractivity contribution in [3.05, 3.63) is 0 Å². The van der Waals surface area contributed by atoms with Crippen molar-refractivity contribution < 1.29 is 19.1 Å². The molecule has 0 saturated carbocycles. The fourth-order valence-corrected chi connectivity index (χ4v) is 2.49. The first-order valence-electron chi connectivity index (χ1n) is 6.76. The van der Waals surface area contributed by atoms with Gasteiger partial charge in [0, 0.05) is 0 Å². The summed E-state index contributed by atoms with van der Waals surface area (Å²) in [7, 11) is -1.85. The Hall–Kier alpha value is 0.0169. The Kier molecular flexibility index (Phi) is 4.87. The van der Waals surface area contributed by atoms with Crippen LogP contribution in [0.5, 0.6) is 0 Å². The lowest BCUT2D eigenvalue weighted by Crippen LogP contribution is -2.62. The van der Waals surface area contributed by atoms with Crippen LogP contribution < -0.4 is 5.48 Å². The van der Waals surface area contributed by atoms with Crippen molar-refractivity contribution in [1.29, 1.82) is 0 Å². The fourth-order valence-electron chi connectivity index (χ4n) is 1.42. The lowest BCUT2D eigenvalue weighted by molar-refractivity contribution is -0.284. The van der Waals surface area contributed by atoms with Crippen LogP contribution in [0.15, 0.2) is 0 Å². The predicted molar refractivity (Wildman–Crippen MR) is 76.8 cm³/mol. The van der Waals surface area contributed by atoms with Gasteiger partial charge in [-0.1, -0.05) is 20.8 Å². The number of hydroxylamine groups is 1. The summed E-state index contributed by atoms with van der Waals surface area (Å²) in [6.45, 7) is 15.8. The van der Waals surface area contributed by atoms with Gasteiger partial charge in [0.15, 0.2) is 14.1 Å². The van der Waals surface area contributed by atoms with Crippen molar-refractivity contribution in [1.82, 2.24) is 5.48 Å². The van der Waals surface area contributed by atoms with Crippen LogP contribution in [0.4, 0.5) is 0 Å². The van der Waals surface area contributed by atoms with E-state index < -0.39 is 19.6 Å². The molecule has 1 aliphatic rings. The minimum atomic E-state index is -1.85. The Bertz CT molecular complexity index is 302. The van der Waals surface area contributed by atoms with Crippen LogP contribution in [0.3, 0.4) is 0 Å². The topological polar surface area (TPSA) is 60.0 Å². The maximum absolute atomic E-state index is 9.44. The molecule has 0 aromatic carbocycles. The molecule has 1 aliphatic heterocycles. The van der Waals surface area contributed by atoms with Crippen molar-refractivity contribution >= 4 is 8.32 Å². The van der Waals surface area contributed by atoms with Crippen LogP contribution in [0, 0.1) is 0 Å². The summed E-state index contributed by atoms with van der Waals surface area (Å²) in [4.78, 5) is 0. The molecule has 1 saturated heterocycles. The van der Waals surface area contributed by atoms with Gasteiger partial charge < -0.3 is 19.1 Å². The molecule has 1 heterocycles.